The molecule has 1 heterocycles. The maximum absolute atomic E-state index is 11.6. The van der Waals surface area contributed by atoms with Crippen LogP contribution >= 0.6 is 11.6 Å². The first-order valence-electron chi connectivity index (χ1n) is 5.78. The van der Waals surface area contributed by atoms with Gasteiger partial charge < -0.3 is 10.1 Å². The highest BCUT2D eigenvalue weighted by molar-refractivity contribution is 6.32. The summed E-state index contributed by atoms with van der Waals surface area (Å²) in [4.78, 5) is 15.5. The highest BCUT2D eigenvalue weighted by Crippen LogP contribution is 2.17. The first kappa shape index (κ1) is 13.5. The van der Waals surface area contributed by atoms with Crippen molar-refractivity contribution in [3.8, 4) is 0 Å². The molecule has 4 nitrogen and oxygen atoms in total. The van der Waals surface area contributed by atoms with Gasteiger partial charge in [0, 0.05) is 6.20 Å². The standard InChI is InChI=1S/C14H13ClN2O2/c15-14-12(7-4-8-16-14)17-13(18)10-19-9-11-5-2-1-3-6-11/h1-8H,9-10H2,(H,17,18). The minimum absolute atomic E-state index is 0.0277. The zero-order chi connectivity index (χ0) is 13.5. The smallest absolute Gasteiger partial charge is 0.250 e. The monoisotopic (exact) mass is 276 g/mol. The van der Waals surface area contributed by atoms with E-state index in [4.69, 9.17) is 16.3 Å². The number of pyridine rings is 1. The Kier molecular flexibility index (Phi) is 4.89. The quantitative estimate of drug-likeness (QED) is 0.855. The number of hydrogen-bond donors (Lipinski definition) is 1. The van der Waals surface area contributed by atoms with E-state index >= 15 is 0 Å². The molecule has 2 rings (SSSR count). The Morgan fingerprint density at radius 3 is 2.74 bits per heavy atom. The number of carbonyl (C=O) groups excluding carboxylic acids is 1. The third-order valence-corrected chi connectivity index (χ3v) is 2.68. The lowest BCUT2D eigenvalue weighted by molar-refractivity contribution is -0.121. The van der Waals surface area contributed by atoms with Crippen LogP contribution in [0.15, 0.2) is 48.7 Å². The van der Waals surface area contributed by atoms with E-state index in [1.165, 1.54) is 0 Å². The van der Waals surface area contributed by atoms with Gasteiger partial charge in [-0.1, -0.05) is 41.9 Å². The Labute approximate surface area is 116 Å². The van der Waals surface area contributed by atoms with Crippen molar-refractivity contribution in [1.82, 2.24) is 4.98 Å². The highest BCUT2D eigenvalue weighted by atomic mass is 35.5. The number of halogens is 1. The lowest BCUT2D eigenvalue weighted by Crippen LogP contribution is -2.18. The predicted octanol–water partition coefficient (Wildman–Crippen LogP) is 2.89. The second-order valence-electron chi connectivity index (χ2n) is 3.87. The summed E-state index contributed by atoms with van der Waals surface area (Å²) in [6.45, 7) is 0.370. The molecular formula is C14H13ClN2O2. The van der Waals surface area contributed by atoms with Crippen LogP contribution in [0, 0.1) is 0 Å². The molecule has 0 atom stereocenters. The number of nitrogens with one attached hydrogen (secondary N) is 1. The molecule has 0 fully saturated rings. The number of hydrogen-bond acceptors (Lipinski definition) is 3. The molecule has 1 N–H and O–H groups in total. The lowest BCUT2D eigenvalue weighted by atomic mass is 10.2. The molecule has 19 heavy (non-hydrogen) atoms. The Morgan fingerprint density at radius 1 is 1.21 bits per heavy atom. The molecule has 98 valence electrons. The van der Waals surface area contributed by atoms with Crippen molar-refractivity contribution < 1.29 is 9.53 Å². The first-order valence-corrected chi connectivity index (χ1v) is 6.15. The van der Waals surface area contributed by atoms with Crippen LogP contribution in [-0.2, 0) is 16.1 Å². The molecule has 0 aliphatic heterocycles. The normalized spacial score (nSPS) is 10.2. The van der Waals surface area contributed by atoms with Gasteiger partial charge in [-0.2, -0.15) is 0 Å². The van der Waals surface area contributed by atoms with Crippen LogP contribution in [0.3, 0.4) is 0 Å². The van der Waals surface area contributed by atoms with Gasteiger partial charge >= 0.3 is 0 Å². The second-order valence-corrected chi connectivity index (χ2v) is 4.23. The van der Waals surface area contributed by atoms with E-state index in [9.17, 15) is 4.79 Å². The van der Waals surface area contributed by atoms with Gasteiger partial charge in [0.15, 0.2) is 5.15 Å². The minimum Gasteiger partial charge on any atom is -0.367 e. The van der Waals surface area contributed by atoms with Crippen molar-refractivity contribution in [2.75, 3.05) is 11.9 Å². The number of anilines is 1. The van der Waals surface area contributed by atoms with Crippen molar-refractivity contribution in [3.63, 3.8) is 0 Å². The van der Waals surface area contributed by atoms with E-state index in [0.29, 0.717) is 12.3 Å². The average Bonchev–Trinajstić information content (AvgIpc) is 2.43. The maximum atomic E-state index is 11.6. The number of ether oxygens (including phenoxy) is 1. The number of benzene rings is 1. The first-order chi connectivity index (χ1) is 9.25. The summed E-state index contributed by atoms with van der Waals surface area (Å²) in [6, 6.07) is 13.0. The van der Waals surface area contributed by atoms with Gasteiger partial charge in [-0.25, -0.2) is 4.98 Å². The Balaban J connectivity index is 1.78. The highest BCUT2D eigenvalue weighted by Gasteiger charge is 2.06. The number of aromatic nitrogens is 1. The van der Waals surface area contributed by atoms with Gasteiger partial charge in [-0.15, -0.1) is 0 Å². The second kappa shape index (κ2) is 6.87. The van der Waals surface area contributed by atoms with Crippen LogP contribution in [-0.4, -0.2) is 17.5 Å². The van der Waals surface area contributed by atoms with Crippen LogP contribution in [0.2, 0.25) is 5.15 Å². The van der Waals surface area contributed by atoms with Crippen molar-refractivity contribution in [2.45, 2.75) is 6.61 Å². The molecule has 0 saturated heterocycles. The summed E-state index contributed by atoms with van der Waals surface area (Å²) in [5, 5.41) is 2.90. The number of rotatable bonds is 5. The molecule has 1 amide bonds. The van der Waals surface area contributed by atoms with Crippen molar-refractivity contribution in [1.29, 1.82) is 0 Å². The third kappa shape index (κ3) is 4.35. The molecule has 2 aromatic rings. The molecular weight excluding hydrogens is 264 g/mol. The van der Waals surface area contributed by atoms with Gasteiger partial charge in [0.05, 0.1) is 12.3 Å². The van der Waals surface area contributed by atoms with Crippen LogP contribution in [0.4, 0.5) is 5.69 Å². The fourth-order valence-corrected chi connectivity index (χ4v) is 1.67. The van der Waals surface area contributed by atoms with Gasteiger partial charge in [0.1, 0.15) is 6.61 Å². The van der Waals surface area contributed by atoms with Crippen molar-refractivity contribution >= 4 is 23.2 Å². The van der Waals surface area contributed by atoms with E-state index in [2.05, 4.69) is 10.3 Å². The number of nitrogens with zero attached hydrogens (tertiary/aromatic N) is 1. The van der Waals surface area contributed by atoms with E-state index in [1.54, 1.807) is 18.3 Å². The third-order valence-electron chi connectivity index (χ3n) is 2.38. The summed E-state index contributed by atoms with van der Waals surface area (Å²) in [5.74, 6) is -0.258. The predicted molar refractivity (Wildman–Crippen MR) is 74.0 cm³/mol. The van der Waals surface area contributed by atoms with E-state index in [-0.39, 0.29) is 17.7 Å². The molecule has 0 saturated carbocycles. The van der Waals surface area contributed by atoms with Crippen LogP contribution in [0.1, 0.15) is 5.56 Å². The summed E-state index contributed by atoms with van der Waals surface area (Å²) in [5.41, 5.74) is 1.51. The van der Waals surface area contributed by atoms with Crippen LogP contribution in [0.5, 0.6) is 0 Å². The molecule has 5 heteroatoms. The average molecular weight is 277 g/mol. The Morgan fingerprint density at radius 2 is 2.00 bits per heavy atom. The fraction of sp³-hybridized carbons (Fsp3) is 0.143. The van der Waals surface area contributed by atoms with Gasteiger partial charge in [0.2, 0.25) is 5.91 Å². The van der Waals surface area contributed by atoms with Crippen molar-refractivity contribution in [2.24, 2.45) is 0 Å². The van der Waals surface area contributed by atoms with Gasteiger partial charge in [-0.3, -0.25) is 4.79 Å². The van der Waals surface area contributed by atoms with Gasteiger partial charge in [-0.05, 0) is 17.7 Å². The molecule has 1 aromatic carbocycles. The SMILES string of the molecule is O=C(COCc1ccccc1)Nc1cccnc1Cl. The largest absolute Gasteiger partial charge is 0.367 e. The number of amides is 1. The van der Waals surface area contributed by atoms with E-state index in [0.717, 1.165) is 5.56 Å². The van der Waals surface area contributed by atoms with E-state index < -0.39 is 0 Å². The number of carbonyl (C=O) groups is 1. The summed E-state index contributed by atoms with van der Waals surface area (Å²) in [7, 11) is 0. The molecule has 1 aromatic heterocycles. The Bertz CT molecular complexity index is 546. The zero-order valence-electron chi connectivity index (χ0n) is 10.2. The van der Waals surface area contributed by atoms with E-state index in [1.807, 2.05) is 30.3 Å². The molecule has 0 bridgehead atoms. The minimum atomic E-state index is -0.258. The fourth-order valence-electron chi connectivity index (χ4n) is 1.50. The zero-order valence-corrected chi connectivity index (χ0v) is 10.9. The molecule has 0 radical (unpaired) electrons. The van der Waals surface area contributed by atoms with Crippen molar-refractivity contribution in [3.05, 3.63) is 59.4 Å². The Hall–Kier alpha value is -1.91. The molecule has 0 unspecified atom stereocenters. The lowest BCUT2D eigenvalue weighted by Gasteiger charge is -2.07. The molecule has 0 aliphatic rings. The summed E-state index contributed by atoms with van der Waals surface area (Å²) < 4.78 is 5.32. The topological polar surface area (TPSA) is 51.2 Å². The van der Waals surface area contributed by atoms with Gasteiger partial charge in [0.25, 0.3) is 0 Å². The summed E-state index contributed by atoms with van der Waals surface area (Å²) in [6.07, 6.45) is 1.56. The van der Waals surface area contributed by atoms with Crippen LogP contribution in [0.25, 0.3) is 0 Å². The molecule has 0 aliphatic carbocycles. The molecule has 0 spiro atoms. The maximum Gasteiger partial charge on any atom is 0.250 e. The summed E-state index contributed by atoms with van der Waals surface area (Å²) >= 11 is 5.83. The van der Waals surface area contributed by atoms with Crippen LogP contribution < -0.4 is 5.32 Å².